The summed E-state index contributed by atoms with van der Waals surface area (Å²) >= 11 is 0. The van der Waals surface area contributed by atoms with Crippen molar-refractivity contribution in [1.82, 2.24) is 15.1 Å². The lowest BCUT2D eigenvalue weighted by molar-refractivity contribution is -0.136. The Morgan fingerprint density at radius 2 is 1.82 bits per heavy atom. The maximum absolute atomic E-state index is 15.2. The number of fused-ring (bicyclic) bond motifs is 1. The minimum absolute atomic E-state index is 0.0116. The van der Waals surface area contributed by atoms with Crippen LogP contribution >= 0.6 is 0 Å². The molecule has 3 aromatic carbocycles. The number of halogens is 1. The van der Waals surface area contributed by atoms with Gasteiger partial charge in [0.25, 0.3) is 5.91 Å². The van der Waals surface area contributed by atoms with Gasteiger partial charge in [0, 0.05) is 55.8 Å². The first kappa shape index (κ1) is 30.1. The Morgan fingerprint density at radius 1 is 1.00 bits per heavy atom. The number of carbonyl (C=O) groups excluding carboxylic acids is 3. The van der Waals surface area contributed by atoms with Gasteiger partial charge in [-0.1, -0.05) is 24.3 Å². The van der Waals surface area contributed by atoms with Gasteiger partial charge in [-0.2, -0.15) is 0 Å². The molecule has 3 heterocycles. The molecule has 3 aromatic rings. The quantitative estimate of drug-likeness (QED) is 0.283. The fraction of sp³-hybridized carbons (Fsp3) is 0.353. The van der Waals surface area contributed by atoms with Crippen molar-refractivity contribution in [2.45, 2.75) is 45.5 Å². The SMILES string of the molecule is [C-]#[N+]c1ccc(N2CCN(Cc3ccc(COc4cccc5c4CN([C@H]4CCC(=O)NC4=O)C5=O)c(F)c3)CC2)c(OCC)c1. The highest BCUT2D eigenvalue weighted by Crippen LogP contribution is 2.35. The molecule has 0 saturated carbocycles. The molecule has 6 rings (SSSR count). The van der Waals surface area contributed by atoms with Gasteiger partial charge in [0.1, 0.15) is 30.0 Å². The van der Waals surface area contributed by atoms with E-state index in [1.165, 1.54) is 4.90 Å². The lowest BCUT2D eigenvalue weighted by Crippen LogP contribution is -2.52. The van der Waals surface area contributed by atoms with E-state index in [0.717, 1.165) is 43.2 Å². The summed E-state index contributed by atoms with van der Waals surface area (Å²) in [6, 6.07) is 15.2. The summed E-state index contributed by atoms with van der Waals surface area (Å²) in [5.74, 6) is -0.264. The monoisotopic (exact) mass is 611 g/mol. The van der Waals surface area contributed by atoms with Gasteiger partial charge in [-0.05, 0) is 49.2 Å². The minimum Gasteiger partial charge on any atom is -0.493 e. The van der Waals surface area contributed by atoms with Crippen molar-refractivity contribution in [1.29, 1.82) is 0 Å². The summed E-state index contributed by atoms with van der Waals surface area (Å²) in [5.41, 5.74) is 3.90. The molecule has 3 amide bonds. The summed E-state index contributed by atoms with van der Waals surface area (Å²) in [4.78, 5) is 46.6. The van der Waals surface area contributed by atoms with E-state index in [0.29, 0.717) is 41.3 Å². The van der Waals surface area contributed by atoms with Crippen molar-refractivity contribution in [2.75, 3.05) is 37.7 Å². The largest absolute Gasteiger partial charge is 0.493 e. The molecule has 0 aliphatic carbocycles. The maximum Gasteiger partial charge on any atom is 0.255 e. The summed E-state index contributed by atoms with van der Waals surface area (Å²) in [6.45, 7) is 13.7. The van der Waals surface area contributed by atoms with Crippen LogP contribution in [0.1, 0.15) is 46.8 Å². The predicted octanol–water partition coefficient (Wildman–Crippen LogP) is 4.44. The smallest absolute Gasteiger partial charge is 0.255 e. The molecular formula is C34H34FN5O5. The molecule has 3 aliphatic heterocycles. The van der Waals surface area contributed by atoms with Crippen molar-refractivity contribution in [3.63, 3.8) is 0 Å². The van der Waals surface area contributed by atoms with E-state index in [2.05, 4.69) is 20.0 Å². The molecule has 0 radical (unpaired) electrons. The van der Waals surface area contributed by atoms with Crippen LogP contribution in [0.4, 0.5) is 15.8 Å². The molecule has 0 unspecified atom stereocenters. The zero-order chi connectivity index (χ0) is 31.5. The van der Waals surface area contributed by atoms with Crippen LogP contribution in [0.15, 0.2) is 54.6 Å². The van der Waals surface area contributed by atoms with Crippen molar-refractivity contribution in [2.24, 2.45) is 0 Å². The molecule has 1 atom stereocenters. The molecule has 0 bridgehead atoms. The number of amides is 3. The molecule has 3 aliphatic rings. The molecule has 10 nitrogen and oxygen atoms in total. The highest BCUT2D eigenvalue weighted by molar-refractivity contribution is 6.05. The Bertz CT molecular complexity index is 1680. The van der Waals surface area contributed by atoms with Crippen LogP contribution in [0.2, 0.25) is 0 Å². The van der Waals surface area contributed by atoms with Crippen molar-refractivity contribution < 1.29 is 28.2 Å². The van der Waals surface area contributed by atoms with Gasteiger partial charge in [0.2, 0.25) is 11.8 Å². The summed E-state index contributed by atoms with van der Waals surface area (Å²) in [5, 5.41) is 2.31. The fourth-order valence-corrected chi connectivity index (χ4v) is 6.16. The van der Waals surface area contributed by atoms with Gasteiger partial charge in [0.15, 0.2) is 5.69 Å². The minimum atomic E-state index is -0.715. The van der Waals surface area contributed by atoms with Crippen molar-refractivity contribution >= 4 is 29.1 Å². The van der Waals surface area contributed by atoms with Crippen LogP contribution in [-0.2, 0) is 29.3 Å². The van der Waals surface area contributed by atoms with E-state index < -0.39 is 11.9 Å². The van der Waals surface area contributed by atoms with Crippen molar-refractivity contribution in [3.8, 4) is 11.5 Å². The first-order valence-electron chi connectivity index (χ1n) is 15.1. The maximum atomic E-state index is 15.2. The number of benzene rings is 3. The third kappa shape index (κ3) is 6.33. The van der Waals surface area contributed by atoms with E-state index >= 15 is 4.39 Å². The van der Waals surface area contributed by atoms with Crippen LogP contribution in [0.3, 0.4) is 0 Å². The zero-order valence-electron chi connectivity index (χ0n) is 25.1. The number of piperidine rings is 1. The van der Waals surface area contributed by atoms with Gasteiger partial charge >= 0.3 is 0 Å². The third-order valence-electron chi connectivity index (χ3n) is 8.53. The second-order valence-electron chi connectivity index (χ2n) is 11.4. The number of piperazine rings is 1. The number of rotatable bonds is 9. The highest BCUT2D eigenvalue weighted by atomic mass is 19.1. The van der Waals surface area contributed by atoms with Crippen LogP contribution in [-0.4, -0.2) is 66.3 Å². The van der Waals surface area contributed by atoms with Gasteiger partial charge < -0.3 is 19.3 Å². The lowest BCUT2D eigenvalue weighted by atomic mass is 10.0. The standard InChI is InChI=1S/C34H34FN5O5/c1-3-44-31-18-24(36-2)9-10-28(31)39-15-13-38(14-16-39)19-22-7-8-23(27(35)17-22)21-45-30-6-4-5-25-26(30)20-40(34(25)43)29-11-12-32(41)37-33(29)42/h4-10,17-18,29H,3,11-16,19-21H2,1H3,(H,37,41,42)/t29-/m0/s1. The molecule has 45 heavy (non-hydrogen) atoms. The summed E-state index contributed by atoms with van der Waals surface area (Å²) < 4.78 is 27.0. The third-order valence-corrected chi connectivity index (χ3v) is 8.53. The molecule has 11 heteroatoms. The Kier molecular flexibility index (Phi) is 8.67. The Labute approximate surface area is 261 Å². The number of nitrogens with zero attached hydrogens (tertiary/aromatic N) is 4. The number of nitrogens with one attached hydrogen (secondary N) is 1. The van der Waals surface area contributed by atoms with Crippen LogP contribution in [0.5, 0.6) is 11.5 Å². The highest BCUT2D eigenvalue weighted by Gasteiger charge is 2.40. The Balaban J connectivity index is 1.05. The Hall–Kier alpha value is -4.95. The first-order chi connectivity index (χ1) is 21.8. The van der Waals surface area contributed by atoms with E-state index in [9.17, 15) is 14.4 Å². The van der Waals surface area contributed by atoms with E-state index in [1.807, 2.05) is 25.1 Å². The van der Waals surface area contributed by atoms with Crippen LogP contribution in [0, 0.1) is 12.4 Å². The first-order valence-corrected chi connectivity index (χ1v) is 15.1. The molecule has 1 N–H and O–H groups in total. The number of ether oxygens (including phenoxy) is 2. The van der Waals surface area contributed by atoms with Crippen LogP contribution in [0.25, 0.3) is 4.85 Å². The fourth-order valence-electron chi connectivity index (χ4n) is 6.16. The number of carbonyl (C=O) groups is 3. The zero-order valence-corrected chi connectivity index (χ0v) is 25.1. The number of hydrogen-bond acceptors (Lipinski definition) is 7. The molecule has 232 valence electrons. The molecule has 2 fully saturated rings. The second-order valence-corrected chi connectivity index (χ2v) is 11.4. The normalized spacial score (nSPS) is 18.4. The van der Waals surface area contributed by atoms with E-state index in [4.69, 9.17) is 16.0 Å². The number of imide groups is 1. The molecular weight excluding hydrogens is 577 g/mol. The summed E-state index contributed by atoms with van der Waals surface area (Å²) in [7, 11) is 0. The summed E-state index contributed by atoms with van der Waals surface area (Å²) in [6.07, 6.45) is 0.459. The van der Waals surface area contributed by atoms with Crippen molar-refractivity contribution in [3.05, 3.63) is 94.1 Å². The second kappa shape index (κ2) is 13.0. The van der Waals surface area contributed by atoms with E-state index in [1.54, 1.807) is 36.4 Å². The average Bonchev–Trinajstić information content (AvgIpc) is 3.37. The predicted molar refractivity (Wildman–Crippen MR) is 165 cm³/mol. The molecule has 0 aromatic heterocycles. The number of anilines is 1. The van der Waals surface area contributed by atoms with Gasteiger partial charge in [-0.15, -0.1) is 0 Å². The lowest BCUT2D eigenvalue weighted by Gasteiger charge is -2.36. The van der Waals surface area contributed by atoms with Crippen LogP contribution < -0.4 is 19.7 Å². The van der Waals surface area contributed by atoms with Gasteiger partial charge in [0.05, 0.1) is 25.4 Å². The Morgan fingerprint density at radius 3 is 2.56 bits per heavy atom. The molecule has 0 spiro atoms. The average molecular weight is 612 g/mol. The van der Waals surface area contributed by atoms with Gasteiger partial charge in [-0.25, -0.2) is 9.24 Å². The van der Waals surface area contributed by atoms with Gasteiger partial charge in [-0.3, -0.25) is 24.6 Å². The molecule has 2 saturated heterocycles. The topological polar surface area (TPSA) is 95.8 Å². The van der Waals surface area contributed by atoms with E-state index in [-0.39, 0.29) is 43.6 Å². The number of hydrogen-bond donors (Lipinski definition) is 1.